The molecular formula is C7H4Cl2F3N. The van der Waals surface area contributed by atoms with Crippen molar-refractivity contribution in [3.63, 3.8) is 0 Å². The summed E-state index contributed by atoms with van der Waals surface area (Å²) in [4.78, 5) is 3.46. The Morgan fingerprint density at radius 1 is 1.46 bits per heavy atom. The maximum atomic E-state index is 13.0. The first-order valence-electron chi connectivity index (χ1n) is 3.25. The fraction of sp³-hybridized carbons (Fsp3) is 0.286. The second kappa shape index (κ2) is 4.15. The van der Waals surface area contributed by atoms with Crippen LogP contribution in [0.25, 0.3) is 0 Å². The van der Waals surface area contributed by atoms with Crippen molar-refractivity contribution in [3.05, 3.63) is 28.3 Å². The van der Waals surface area contributed by atoms with Gasteiger partial charge in [-0.25, -0.2) is 18.2 Å². The van der Waals surface area contributed by atoms with Crippen LogP contribution in [0.2, 0.25) is 5.15 Å². The molecule has 1 heterocycles. The van der Waals surface area contributed by atoms with E-state index in [0.29, 0.717) is 0 Å². The Morgan fingerprint density at radius 2 is 2.08 bits per heavy atom. The molecule has 1 aromatic rings. The van der Waals surface area contributed by atoms with Gasteiger partial charge in [-0.2, -0.15) is 0 Å². The van der Waals surface area contributed by atoms with E-state index in [4.69, 9.17) is 23.2 Å². The van der Waals surface area contributed by atoms with E-state index in [1.807, 2.05) is 0 Å². The maximum absolute atomic E-state index is 13.0. The fourth-order valence-corrected chi connectivity index (χ4v) is 1.21. The molecule has 1 aromatic heterocycles. The highest BCUT2D eigenvalue weighted by molar-refractivity contribution is 6.29. The van der Waals surface area contributed by atoms with Crippen LogP contribution in [0.3, 0.4) is 0 Å². The van der Waals surface area contributed by atoms with E-state index in [-0.39, 0.29) is 16.7 Å². The summed E-state index contributed by atoms with van der Waals surface area (Å²) < 4.78 is 37.3. The van der Waals surface area contributed by atoms with Crippen molar-refractivity contribution in [2.45, 2.75) is 12.3 Å². The summed E-state index contributed by atoms with van der Waals surface area (Å²) in [6.45, 7) is 0. The first-order valence-corrected chi connectivity index (χ1v) is 4.16. The Bertz CT molecular complexity index is 317. The van der Waals surface area contributed by atoms with E-state index in [2.05, 4.69) is 4.98 Å². The molecule has 0 aliphatic rings. The molecule has 6 heteroatoms. The Hall–Kier alpha value is -0.480. The molecule has 0 fully saturated rings. The summed E-state index contributed by atoms with van der Waals surface area (Å²) in [5, 5.41) is -0.188. The van der Waals surface area contributed by atoms with E-state index in [0.717, 1.165) is 6.07 Å². The Balaban J connectivity index is 3.27. The van der Waals surface area contributed by atoms with Gasteiger partial charge < -0.3 is 0 Å². The van der Waals surface area contributed by atoms with Crippen LogP contribution in [0.15, 0.2) is 6.07 Å². The zero-order valence-corrected chi connectivity index (χ0v) is 7.71. The molecule has 0 spiro atoms. The molecule has 1 nitrogen and oxygen atoms in total. The van der Waals surface area contributed by atoms with Crippen LogP contribution < -0.4 is 0 Å². The normalized spacial score (nSPS) is 10.9. The van der Waals surface area contributed by atoms with Crippen molar-refractivity contribution in [1.82, 2.24) is 4.98 Å². The van der Waals surface area contributed by atoms with Crippen LogP contribution in [0.4, 0.5) is 13.2 Å². The highest BCUT2D eigenvalue weighted by Crippen LogP contribution is 2.26. The van der Waals surface area contributed by atoms with Gasteiger partial charge in [-0.1, -0.05) is 11.6 Å². The van der Waals surface area contributed by atoms with Gasteiger partial charge in [-0.15, -0.1) is 11.6 Å². The smallest absolute Gasteiger partial charge is 0.237 e. The molecule has 0 aliphatic carbocycles. The summed E-state index contributed by atoms with van der Waals surface area (Å²) in [7, 11) is 0. The van der Waals surface area contributed by atoms with Crippen molar-refractivity contribution in [2.75, 3.05) is 0 Å². The minimum absolute atomic E-state index is 0.188. The highest BCUT2D eigenvalue weighted by atomic mass is 35.5. The van der Waals surface area contributed by atoms with E-state index < -0.39 is 17.8 Å². The lowest BCUT2D eigenvalue weighted by atomic mass is 10.2. The van der Waals surface area contributed by atoms with Crippen LogP contribution in [0.1, 0.15) is 17.7 Å². The van der Waals surface area contributed by atoms with Crippen molar-refractivity contribution in [3.8, 4) is 0 Å². The van der Waals surface area contributed by atoms with E-state index >= 15 is 0 Å². The van der Waals surface area contributed by atoms with Crippen LogP contribution in [-0.4, -0.2) is 4.98 Å². The number of pyridine rings is 1. The predicted octanol–water partition coefficient (Wildman–Crippen LogP) is 3.55. The van der Waals surface area contributed by atoms with Gasteiger partial charge >= 0.3 is 0 Å². The van der Waals surface area contributed by atoms with Crippen molar-refractivity contribution >= 4 is 23.2 Å². The molecule has 1 rings (SSSR count). The Kier molecular flexibility index (Phi) is 3.39. The van der Waals surface area contributed by atoms with Gasteiger partial charge in [0.15, 0.2) is 5.82 Å². The van der Waals surface area contributed by atoms with E-state index in [1.54, 1.807) is 0 Å². The molecule has 0 bridgehead atoms. The second-order valence-electron chi connectivity index (χ2n) is 2.23. The number of hydrogen-bond acceptors (Lipinski definition) is 1. The molecule has 0 aliphatic heterocycles. The standard InChI is InChI=1S/C7H4Cl2F3N/c8-2-4-6(10)3(7(11)12)1-5(9)13-4/h1,7H,2H2. The van der Waals surface area contributed by atoms with Crippen LogP contribution in [0, 0.1) is 5.82 Å². The highest BCUT2D eigenvalue weighted by Gasteiger charge is 2.18. The third kappa shape index (κ3) is 2.25. The maximum Gasteiger partial charge on any atom is 0.266 e. The third-order valence-electron chi connectivity index (χ3n) is 1.38. The predicted molar refractivity (Wildman–Crippen MR) is 43.7 cm³/mol. The van der Waals surface area contributed by atoms with E-state index in [1.165, 1.54) is 0 Å². The molecule has 0 N–H and O–H groups in total. The number of hydrogen-bond donors (Lipinski definition) is 0. The lowest BCUT2D eigenvalue weighted by Gasteiger charge is -2.05. The Labute approximate surface area is 82.5 Å². The SMILES string of the molecule is Fc1c(C(F)F)cc(Cl)nc1CCl. The van der Waals surface area contributed by atoms with Crippen LogP contribution in [0.5, 0.6) is 0 Å². The van der Waals surface area contributed by atoms with Gasteiger partial charge in [0, 0.05) is 0 Å². The summed E-state index contributed by atoms with van der Waals surface area (Å²) >= 11 is 10.6. The molecule has 0 unspecified atom stereocenters. The summed E-state index contributed by atoms with van der Waals surface area (Å²) in [6, 6.07) is 0.789. The number of halogens is 5. The molecule has 13 heavy (non-hydrogen) atoms. The molecular weight excluding hydrogens is 226 g/mol. The first-order chi connectivity index (χ1) is 6.06. The molecule has 72 valence electrons. The number of rotatable bonds is 2. The second-order valence-corrected chi connectivity index (χ2v) is 2.88. The van der Waals surface area contributed by atoms with Gasteiger partial charge in [0.05, 0.1) is 17.1 Å². The van der Waals surface area contributed by atoms with Gasteiger partial charge in [0.25, 0.3) is 6.43 Å². The number of aromatic nitrogens is 1. The zero-order valence-electron chi connectivity index (χ0n) is 6.20. The average molecular weight is 230 g/mol. The van der Waals surface area contributed by atoms with Gasteiger partial charge in [0.2, 0.25) is 0 Å². The largest absolute Gasteiger partial charge is 0.266 e. The van der Waals surface area contributed by atoms with Gasteiger partial charge in [-0.05, 0) is 6.07 Å². The summed E-state index contributed by atoms with van der Waals surface area (Å²) in [6.07, 6.45) is -2.91. The van der Waals surface area contributed by atoms with Crippen LogP contribution >= 0.6 is 23.2 Å². The zero-order chi connectivity index (χ0) is 10.0. The van der Waals surface area contributed by atoms with Crippen LogP contribution in [-0.2, 0) is 5.88 Å². The minimum Gasteiger partial charge on any atom is -0.237 e. The third-order valence-corrected chi connectivity index (χ3v) is 1.83. The van der Waals surface area contributed by atoms with Crippen molar-refractivity contribution in [1.29, 1.82) is 0 Å². The van der Waals surface area contributed by atoms with Crippen molar-refractivity contribution < 1.29 is 13.2 Å². The molecule has 0 radical (unpaired) electrons. The number of nitrogens with zero attached hydrogens (tertiary/aromatic N) is 1. The molecule has 0 aromatic carbocycles. The molecule has 0 saturated heterocycles. The summed E-state index contributed by atoms with van der Waals surface area (Å²) in [5.41, 5.74) is -1.03. The molecule has 0 amide bonds. The lowest BCUT2D eigenvalue weighted by molar-refractivity contribution is 0.146. The first kappa shape index (κ1) is 10.6. The van der Waals surface area contributed by atoms with E-state index in [9.17, 15) is 13.2 Å². The minimum atomic E-state index is -2.91. The van der Waals surface area contributed by atoms with Gasteiger partial charge in [0.1, 0.15) is 5.15 Å². The molecule has 0 saturated carbocycles. The molecule has 0 atom stereocenters. The quantitative estimate of drug-likeness (QED) is 0.559. The lowest BCUT2D eigenvalue weighted by Crippen LogP contribution is -1.99. The fourth-order valence-electron chi connectivity index (χ4n) is 0.816. The Morgan fingerprint density at radius 3 is 2.54 bits per heavy atom. The monoisotopic (exact) mass is 229 g/mol. The topological polar surface area (TPSA) is 12.9 Å². The van der Waals surface area contributed by atoms with Crippen molar-refractivity contribution in [2.24, 2.45) is 0 Å². The summed E-state index contributed by atoms with van der Waals surface area (Å²) in [5.74, 6) is -1.37. The van der Waals surface area contributed by atoms with Gasteiger partial charge in [-0.3, -0.25) is 0 Å². The number of alkyl halides is 3. The average Bonchev–Trinajstić information content (AvgIpc) is 2.08.